The van der Waals surface area contributed by atoms with Gasteiger partial charge in [-0.2, -0.15) is 0 Å². The Bertz CT molecular complexity index is 1160. The van der Waals surface area contributed by atoms with Crippen LogP contribution in [0.4, 0.5) is 10.8 Å². The number of ether oxygens (including phenoxy) is 2. The first kappa shape index (κ1) is 17.8. The molecule has 0 unspecified atom stereocenters. The lowest BCUT2D eigenvalue weighted by molar-refractivity contribution is 0.174. The van der Waals surface area contributed by atoms with Gasteiger partial charge in [-0.3, -0.25) is 0 Å². The summed E-state index contributed by atoms with van der Waals surface area (Å²) in [6, 6.07) is 18.5. The Hall–Kier alpha value is -3.25. The maximum Gasteiger partial charge on any atom is 0.231 e. The van der Waals surface area contributed by atoms with Gasteiger partial charge in [0.1, 0.15) is 0 Å². The molecule has 0 bridgehead atoms. The van der Waals surface area contributed by atoms with Crippen molar-refractivity contribution in [2.75, 3.05) is 12.1 Å². The van der Waals surface area contributed by atoms with Gasteiger partial charge in [0.2, 0.25) is 6.79 Å². The van der Waals surface area contributed by atoms with Crippen LogP contribution >= 0.6 is 11.3 Å². The quantitative estimate of drug-likeness (QED) is 0.461. The molecule has 1 N–H and O–H groups in total. The number of nitrogens with zero attached hydrogens (tertiary/aromatic N) is 2. The minimum absolute atomic E-state index is 0.299. The van der Waals surface area contributed by atoms with E-state index >= 15 is 0 Å². The van der Waals surface area contributed by atoms with Crippen molar-refractivity contribution in [3.63, 3.8) is 0 Å². The van der Waals surface area contributed by atoms with Gasteiger partial charge in [0, 0.05) is 34.6 Å². The molecule has 0 aliphatic carbocycles. The summed E-state index contributed by atoms with van der Waals surface area (Å²) in [4.78, 5) is 4.80. The van der Waals surface area contributed by atoms with Crippen LogP contribution in [0.3, 0.4) is 0 Å². The summed E-state index contributed by atoms with van der Waals surface area (Å²) in [6.07, 6.45) is 0. The van der Waals surface area contributed by atoms with Crippen LogP contribution in [0, 0.1) is 13.8 Å². The Labute approximate surface area is 173 Å². The van der Waals surface area contributed by atoms with E-state index in [0.717, 1.165) is 34.6 Å². The molecule has 5 rings (SSSR count). The van der Waals surface area contributed by atoms with Gasteiger partial charge in [0.05, 0.1) is 5.69 Å². The molecule has 1 aliphatic heterocycles. The van der Waals surface area contributed by atoms with E-state index in [1.807, 2.05) is 36.4 Å². The van der Waals surface area contributed by atoms with E-state index in [4.69, 9.17) is 14.5 Å². The minimum atomic E-state index is 0.299. The lowest BCUT2D eigenvalue weighted by atomic mass is 10.2. The van der Waals surface area contributed by atoms with E-state index in [-0.39, 0.29) is 0 Å². The number of para-hydroxylation sites is 1. The van der Waals surface area contributed by atoms with Gasteiger partial charge in [0.15, 0.2) is 16.6 Å². The molecule has 0 saturated heterocycles. The molecular weight excluding hydrogens is 382 g/mol. The van der Waals surface area contributed by atoms with E-state index in [1.54, 1.807) is 11.3 Å². The maximum absolute atomic E-state index is 5.52. The fourth-order valence-corrected chi connectivity index (χ4v) is 4.36. The smallest absolute Gasteiger partial charge is 0.231 e. The molecule has 0 amide bonds. The molecule has 2 aromatic carbocycles. The number of rotatable bonds is 5. The highest BCUT2D eigenvalue weighted by Crippen LogP contribution is 2.34. The van der Waals surface area contributed by atoms with Crippen LogP contribution in [0.5, 0.6) is 11.5 Å². The number of hydrogen-bond acceptors (Lipinski definition) is 5. The fourth-order valence-electron chi connectivity index (χ4n) is 3.63. The van der Waals surface area contributed by atoms with Crippen molar-refractivity contribution < 1.29 is 9.47 Å². The first-order chi connectivity index (χ1) is 14.2. The summed E-state index contributed by atoms with van der Waals surface area (Å²) in [5.41, 5.74) is 6.81. The van der Waals surface area contributed by atoms with Crippen LogP contribution in [0.25, 0.3) is 11.3 Å². The van der Waals surface area contributed by atoms with Crippen molar-refractivity contribution in [3.8, 4) is 22.8 Å². The number of anilines is 2. The Balaban J connectivity index is 1.40. The van der Waals surface area contributed by atoms with Crippen molar-refractivity contribution in [1.29, 1.82) is 0 Å². The molecule has 0 saturated carbocycles. The number of benzene rings is 2. The topological polar surface area (TPSA) is 48.3 Å². The molecule has 29 heavy (non-hydrogen) atoms. The van der Waals surface area contributed by atoms with E-state index in [1.165, 1.54) is 22.5 Å². The Morgan fingerprint density at radius 2 is 1.86 bits per heavy atom. The summed E-state index contributed by atoms with van der Waals surface area (Å²) >= 11 is 1.62. The van der Waals surface area contributed by atoms with Gasteiger partial charge in [-0.1, -0.05) is 24.3 Å². The monoisotopic (exact) mass is 403 g/mol. The maximum atomic E-state index is 5.52. The minimum Gasteiger partial charge on any atom is -0.454 e. The molecule has 0 spiro atoms. The summed E-state index contributed by atoms with van der Waals surface area (Å²) in [5.74, 6) is 1.64. The van der Waals surface area contributed by atoms with Gasteiger partial charge in [-0.05, 0) is 49.7 Å². The second-order valence-electron chi connectivity index (χ2n) is 7.09. The predicted molar refractivity (Wildman–Crippen MR) is 116 cm³/mol. The molecule has 5 nitrogen and oxygen atoms in total. The van der Waals surface area contributed by atoms with Crippen LogP contribution in [-0.4, -0.2) is 16.3 Å². The molecular formula is C23H21N3O2S. The molecule has 2 aromatic heterocycles. The van der Waals surface area contributed by atoms with E-state index in [2.05, 4.69) is 47.3 Å². The molecule has 0 atom stereocenters. The zero-order valence-corrected chi connectivity index (χ0v) is 17.1. The Morgan fingerprint density at radius 3 is 2.72 bits per heavy atom. The van der Waals surface area contributed by atoms with Crippen LogP contribution in [0.2, 0.25) is 0 Å². The van der Waals surface area contributed by atoms with Gasteiger partial charge < -0.3 is 19.4 Å². The van der Waals surface area contributed by atoms with Crippen molar-refractivity contribution in [3.05, 3.63) is 76.9 Å². The van der Waals surface area contributed by atoms with E-state index < -0.39 is 0 Å². The number of fused-ring (bicyclic) bond motifs is 1. The van der Waals surface area contributed by atoms with E-state index in [0.29, 0.717) is 6.79 Å². The van der Waals surface area contributed by atoms with Crippen LogP contribution < -0.4 is 14.8 Å². The number of aromatic nitrogens is 2. The van der Waals surface area contributed by atoms with Crippen molar-refractivity contribution in [1.82, 2.24) is 9.55 Å². The van der Waals surface area contributed by atoms with Crippen LogP contribution in [-0.2, 0) is 6.54 Å². The van der Waals surface area contributed by atoms with Gasteiger partial charge in [-0.25, -0.2) is 4.98 Å². The molecule has 6 heteroatoms. The largest absolute Gasteiger partial charge is 0.454 e. The second kappa shape index (κ2) is 7.29. The van der Waals surface area contributed by atoms with E-state index in [9.17, 15) is 0 Å². The molecule has 0 radical (unpaired) electrons. The summed E-state index contributed by atoms with van der Waals surface area (Å²) in [6.45, 7) is 5.37. The fraction of sp³-hybridized carbons (Fsp3) is 0.174. The van der Waals surface area contributed by atoms with Crippen LogP contribution in [0.15, 0.2) is 60.0 Å². The highest BCUT2D eigenvalue weighted by molar-refractivity contribution is 7.14. The zero-order chi connectivity index (χ0) is 19.8. The number of aryl methyl sites for hydroxylation is 1. The molecule has 1 aliphatic rings. The third-order valence-corrected chi connectivity index (χ3v) is 5.91. The third-order valence-electron chi connectivity index (χ3n) is 5.16. The van der Waals surface area contributed by atoms with Gasteiger partial charge in [0.25, 0.3) is 0 Å². The van der Waals surface area contributed by atoms with Gasteiger partial charge in [-0.15, -0.1) is 11.3 Å². The number of thiazole rings is 1. The molecule has 3 heterocycles. The normalized spacial score (nSPS) is 12.3. The van der Waals surface area contributed by atoms with Crippen LogP contribution in [0.1, 0.15) is 17.0 Å². The first-order valence-electron chi connectivity index (χ1n) is 9.50. The average molecular weight is 404 g/mol. The second-order valence-corrected chi connectivity index (χ2v) is 7.95. The molecule has 0 fully saturated rings. The van der Waals surface area contributed by atoms with Gasteiger partial charge >= 0.3 is 0 Å². The Morgan fingerprint density at radius 1 is 1.03 bits per heavy atom. The Kier molecular flexibility index (Phi) is 4.48. The number of hydrogen-bond donors (Lipinski definition) is 1. The lowest BCUT2D eigenvalue weighted by Crippen LogP contribution is -2.04. The predicted octanol–water partition coefficient (Wildman–Crippen LogP) is 5.75. The highest BCUT2D eigenvalue weighted by atomic mass is 32.1. The van der Waals surface area contributed by atoms with Crippen molar-refractivity contribution in [2.24, 2.45) is 0 Å². The third kappa shape index (κ3) is 3.47. The highest BCUT2D eigenvalue weighted by Gasteiger charge is 2.17. The zero-order valence-electron chi connectivity index (χ0n) is 16.3. The lowest BCUT2D eigenvalue weighted by Gasteiger charge is -2.10. The molecule has 146 valence electrons. The summed E-state index contributed by atoms with van der Waals surface area (Å²) < 4.78 is 13.2. The molecule has 4 aromatic rings. The average Bonchev–Trinajstić information content (AvgIpc) is 3.44. The van der Waals surface area contributed by atoms with Crippen molar-refractivity contribution in [2.45, 2.75) is 20.4 Å². The SMILES string of the molecule is Cc1cc(-c2csc(Nc3ccccc3)n2)c(C)n1Cc1ccc2c(c1)OCO2. The first-order valence-corrected chi connectivity index (χ1v) is 10.4. The number of nitrogens with one attached hydrogen (secondary N) is 1. The summed E-state index contributed by atoms with van der Waals surface area (Å²) in [5, 5.41) is 6.38. The van der Waals surface area contributed by atoms with Crippen molar-refractivity contribution >= 4 is 22.2 Å². The summed E-state index contributed by atoms with van der Waals surface area (Å²) in [7, 11) is 0. The standard InChI is InChI=1S/C23H21N3O2S/c1-15-10-19(20-13-29-23(25-20)24-18-6-4-3-5-7-18)16(2)26(15)12-17-8-9-21-22(11-17)28-14-27-21/h3-11,13H,12,14H2,1-2H3,(H,24,25).